The van der Waals surface area contributed by atoms with Crippen LogP contribution in [0.1, 0.15) is 28.2 Å². The van der Waals surface area contributed by atoms with Crippen molar-refractivity contribution in [2.75, 3.05) is 7.05 Å². The predicted octanol–water partition coefficient (Wildman–Crippen LogP) is 2.73. The molecule has 2 aromatic carbocycles. The number of alkyl halides is 3. The average Bonchev–Trinajstić information content (AvgIpc) is 2.93. The van der Waals surface area contributed by atoms with Crippen LogP contribution in [0.3, 0.4) is 0 Å². The van der Waals surface area contributed by atoms with Gasteiger partial charge in [-0.05, 0) is 11.1 Å². The number of imide groups is 1. The van der Waals surface area contributed by atoms with Crippen LogP contribution in [0.15, 0.2) is 48.5 Å². The molecule has 1 saturated heterocycles. The molecule has 0 spiro atoms. The summed E-state index contributed by atoms with van der Waals surface area (Å²) in [6.07, 6.45) is -5.25. The molecule has 0 aromatic heterocycles. The van der Waals surface area contributed by atoms with E-state index in [-0.39, 0.29) is 0 Å². The zero-order valence-corrected chi connectivity index (χ0v) is 15.1. The van der Waals surface area contributed by atoms with Gasteiger partial charge < -0.3 is 4.74 Å². The standard InChI is InChI=1S/C21H14F3NO4/c1-25-17(26)15-14-10-6-2-4-8-12(10)20(16(15)18(25)27,29-19(28)21(22,23)24)13-9-5-3-7-11(13)14/h2-9,14-16H,1H3. The van der Waals surface area contributed by atoms with E-state index in [0.717, 1.165) is 4.90 Å². The normalized spacial score (nSPS) is 29.4. The van der Waals surface area contributed by atoms with Gasteiger partial charge in [-0.25, -0.2) is 4.79 Å². The monoisotopic (exact) mass is 401 g/mol. The molecule has 2 unspecified atom stereocenters. The first kappa shape index (κ1) is 17.9. The van der Waals surface area contributed by atoms with Crippen molar-refractivity contribution >= 4 is 17.8 Å². The maximum Gasteiger partial charge on any atom is 0.490 e. The van der Waals surface area contributed by atoms with Gasteiger partial charge in [-0.15, -0.1) is 0 Å². The predicted molar refractivity (Wildman–Crippen MR) is 92.4 cm³/mol. The van der Waals surface area contributed by atoms with E-state index in [1.165, 1.54) is 7.05 Å². The van der Waals surface area contributed by atoms with Crippen LogP contribution in [0.5, 0.6) is 0 Å². The molecule has 2 atom stereocenters. The summed E-state index contributed by atoms with van der Waals surface area (Å²) in [5.41, 5.74) is -0.188. The highest BCUT2D eigenvalue weighted by atomic mass is 19.4. The number of nitrogens with zero attached hydrogens (tertiary/aromatic N) is 1. The Hall–Kier alpha value is -3.16. The Morgan fingerprint density at radius 3 is 2.00 bits per heavy atom. The first-order valence-corrected chi connectivity index (χ1v) is 9.00. The number of esters is 1. The lowest BCUT2D eigenvalue weighted by Gasteiger charge is -2.52. The molecule has 1 heterocycles. The molecule has 8 heteroatoms. The smallest absolute Gasteiger partial charge is 0.442 e. The topological polar surface area (TPSA) is 63.7 Å². The highest BCUT2D eigenvalue weighted by molar-refractivity contribution is 6.08. The number of amides is 2. The minimum absolute atomic E-state index is 0.319. The molecular weight excluding hydrogens is 387 g/mol. The lowest BCUT2D eigenvalue weighted by Crippen LogP contribution is -2.56. The Kier molecular flexibility index (Phi) is 3.37. The van der Waals surface area contributed by atoms with Gasteiger partial charge in [0.15, 0.2) is 5.60 Å². The number of likely N-dealkylation sites (tertiary alicyclic amines) is 1. The van der Waals surface area contributed by atoms with Crippen molar-refractivity contribution in [2.45, 2.75) is 17.7 Å². The summed E-state index contributed by atoms with van der Waals surface area (Å²) in [4.78, 5) is 38.9. The van der Waals surface area contributed by atoms with E-state index in [2.05, 4.69) is 0 Å². The van der Waals surface area contributed by atoms with Gasteiger partial charge >= 0.3 is 12.1 Å². The summed E-state index contributed by atoms with van der Waals surface area (Å²) >= 11 is 0. The van der Waals surface area contributed by atoms with E-state index >= 15 is 0 Å². The van der Waals surface area contributed by atoms with Crippen molar-refractivity contribution in [1.29, 1.82) is 0 Å². The van der Waals surface area contributed by atoms with Crippen LogP contribution in [0.25, 0.3) is 0 Å². The number of ether oxygens (including phenoxy) is 1. The van der Waals surface area contributed by atoms with Crippen LogP contribution >= 0.6 is 0 Å². The molecule has 0 saturated carbocycles. The van der Waals surface area contributed by atoms with Crippen molar-refractivity contribution in [3.63, 3.8) is 0 Å². The van der Waals surface area contributed by atoms with Gasteiger partial charge in [0.2, 0.25) is 11.8 Å². The van der Waals surface area contributed by atoms with Crippen molar-refractivity contribution in [2.24, 2.45) is 11.8 Å². The van der Waals surface area contributed by atoms with Crippen LogP contribution in [0, 0.1) is 11.8 Å². The largest absolute Gasteiger partial charge is 0.490 e. The molecule has 0 N–H and O–H groups in total. The molecule has 0 radical (unpaired) electrons. The Morgan fingerprint density at radius 1 is 0.966 bits per heavy atom. The first-order valence-electron chi connectivity index (χ1n) is 9.00. The van der Waals surface area contributed by atoms with Gasteiger partial charge in [-0.3, -0.25) is 14.5 Å². The lowest BCUT2D eigenvalue weighted by atomic mass is 9.52. The van der Waals surface area contributed by atoms with E-state index in [1.54, 1.807) is 48.5 Å². The fourth-order valence-electron chi connectivity index (χ4n) is 5.22. The van der Waals surface area contributed by atoms with Crippen LogP contribution in [-0.4, -0.2) is 35.9 Å². The number of rotatable bonds is 1. The van der Waals surface area contributed by atoms with E-state index in [0.29, 0.717) is 22.3 Å². The number of halogens is 3. The van der Waals surface area contributed by atoms with Crippen molar-refractivity contribution in [3.05, 3.63) is 70.8 Å². The fourth-order valence-corrected chi connectivity index (χ4v) is 5.22. The summed E-state index contributed by atoms with van der Waals surface area (Å²) in [6.45, 7) is 0. The second-order valence-electron chi connectivity index (χ2n) is 7.51. The highest BCUT2D eigenvalue weighted by Crippen LogP contribution is 2.64. The Balaban J connectivity index is 1.87. The maximum absolute atomic E-state index is 13.2. The minimum atomic E-state index is -5.25. The van der Waals surface area contributed by atoms with Gasteiger partial charge in [0.05, 0.1) is 11.8 Å². The summed E-state index contributed by atoms with van der Waals surface area (Å²) in [5, 5.41) is 0. The molecule has 1 fully saturated rings. The molecule has 1 aliphatic heterocycles. The Labute approximate surface area is 163 Å². The summed E-state index contributed by atoms with van der Waals surface area (Å²) in [5.74, 6) is -6.21. The SMILES string of the molecule is CN1C(=O)C2C3c4ccccc4C(OC(=O)C(F)(F)F)(c4ccccc43)C2C1=O. The lowest BCUT2D eigenvalue weighted by molar-refractivity contribution is -0.219. The van der Waals surface area contributed by atoms with E-state index < -0.39 is 47.3 Å². The minimum Gasteiger partial charge on any atom is -0.442 e. The third-order valence-electron chi connectivity index (χ3n) is 6.25. The van der Waals surface area contributed by atoms with Crippen molar-refractivity contribution in [3.8, 4) is 0 Å². The molecule has 2 bridgehead atoms. The van der Waals surface area contributed by atoms with Gasteiger partial charge in [-0.1, -0.05) is 48.5 Å². The molecule has 4 aliphatic rings. The quantitative estimate of drug-likeness (QED) is 0.545. The fraction of sp³-hybridized carbons (Fsp3) is 0.286. The molecule has 5 nitrogen and oxygen atoms in total. The first-order chi connectivity index (χ1) is 13.7. The van der Waals surface area contributed by atoms with Gasteiger partial charge in [0.1, 0.15) is 0 Å². The summed E-state index contributed by atoms with van der Waals surface area (Å²) in [6, 6.07) is 13.2. The summed E-state index contributed by atoms with van der Waals surface area (Å²) in [7, 11) is 1.30. The molecule has 3 aliphatic carbocycles. The second kappa shape index (κ2) is 5.46. The zero-order valence-electron chi connectivity index (χ0n) is 15.1. The van der Waals surface area contributed by atoms with Crippen LogP contribution < -0.4 is 0 Å². The summed E-state index contributed by atoms with van der Waals surface area (Å²) < 4.78 is 44.9. The number of hydrogen-bond donors (Lipinski definition) is 0. The van der Waals surface area contributed by atoms with Gasteiger partial charge in [-0.2, -0.15) is 13.2 Å². The molecule has 148 valence electrons. The highest BCUT2D eigenvalue weighted by Gasteiger charge is 2.70. The van der Waals surface area contributed by atoms with Crippen LogP contribution in [-0.2, 0) is 24.7 Å². The third-order valence-corrected chi connectivity index (χ3v) is 6.25. The van der Waals surface area contributed by atoms with Crippen LogP contribution in [0.4, 0.5) is 13.2 Å². The van der Waals surface area contributed by atoms with Gasteiger partial charge in [0.25, 0.3) is 0 Å². The number of carbonyl (C=O) groups excluding carboxylic acids is 3. The number of benzene rings is 2. The third kappa shape index (κ3) is 2.03. The molecule has 29 heavy (non-hydrogen) atoms. The Morgan fingerprint density at radius 2 is 1.48 bits per heavy atom. The molecule has 6 rings (SSSR count). The Bertz CT molecular complexity index is 1050. The number of carbonyl (C=O) groups is 3. The van der Waals surface area contributed by atoms with Crippen LogP contribution in [0.2, 0.25) is 0 Å². The van der Waals surface area contributed by atoms with E-state index in [4.69, 9.17) is 4.74 Å². The van der Waals surface area contributed by atoms with Crippen molar-refractivity contribution in [1.82, 2.24) is 4.90 Å². The van der Waals surface area contributed by atoms with E-state index in [1.807, 2.05) is 0 Å². The zero-order chi connectivity index (χ0) is 20.7. The molecule has 2 aromatic rings. The second-order valence-corrected chi connectivity index (χ2v) is 7.51. The molecular formula is C21H14F3NO4. The van der Waals surface area contributed by atoms with Crippen molar-refractivity contribution < 1.29 is 32.3 Å². The average molecular weight is 401 g/mol. The number of hydrogen-bond acceptors (Lipinski definition) is 4. The van der Waals surface area contributed by atoms with Gasteiger partial charge in [0, 0.05) is 24.1 Å². The van der Waals surface area contributed by atoms with E-state index in [9.17, 15) is 27.6 Å². The molecule has 2 amide bonds. The maximum atomic E-state index is 13.2.